The van der Waals surface area contributed by atoms with Crippen molar-refractivity contribution >= 4 is 6.21 Å². The van der Waals surface area contributed by atoms with Gasteiger partial charge in [-0.1, -0.05) is 54.6 Å². The van der Waals surface area contributed by atoms with Crippen LogP contribution in [0, 0.1) is 0 Å². The monoisotopic (exact) mass is 195 g/mol. The number of rotatable bonds is 2. The van der Waals surface area contributed by atoms with Crippen molar-refractivity contribution in [1.29, 1.82) is 0 Å². The van der Waals surface area contributed by atoms with Crippen LogP contribution in [0.1, 0.15) is 5.56 Å². The van der Waals surface area contributed by atoms with Crippen molar-refractivity contribution in [3.63, 3.8) is 0 Å². The number of hydrogen-bond donors (Lipinski definition) is 0. The average Bonchev–Trinajstić information content (AvgIpc) is 2.32. The van der Waals surface area contributed by atoms with Crippen molar-refractivity contribution in [3.8, 4) is 11.1 Å². The lowest BCUT2D eigenvalue weighted by Gasteiger charge is -2.01. The molecule has 2 aromatic carbocycles. The summed E-state index contributed by atoms with van der Waals surface area (Å²) in [5, 5.41) is 0. The molecule has 0 aromatic heterocycles. The lowest BCUT2D eigenvalue weighted by atomic mass is 10.0. The Bertz CT molecular complexity index is 441. The highest BCUT2D eigenvalue weighted by Gasteiger charge is 1.95. The zero-order valence-electron chi connectivity index (χ0n) is 8.72. The molecule has 0 aliphatic heterocycles. The molecule has 0 saturated heterocycles. The van der Waals surface area contributed by atoms with Gasteiger partial charge in [-0.15, -0.1) is 0 Å². The van der Waals surface area contributed by atoms with Crippen molar-refractivity contribution < 1.29 is 0 Å². The van der Waals surface area contributed by atoms with Crippen LogP contribution in [-0.4, -0.2) is 13.3 Å². The van der Waals surface area contributed by atoms with Crippen molar-refractivity contribution in [2.24, 2.45) is 4.99 Å². The SMILES string of the molecule is CN=Cc1ccc(-c2ccccc2)cc1. The number of nitrogens with zero attached hydrogens (tertiary/aromatic N) is 1. The fourth-order valence-corrected chi connectivity index (χ4v) is 1.54. The molecule has 0 aliphatic carbocycles. The summed E-state index contributed by atoms with van der Waals surface area (Å²) in [4.78, 5) is 3.98. The summed E-state index contributed by atoms with van der Waals surface area (Å²) in [7, 11) is 1.78. The molecule has 0 heterocycles. The maximum atomic E-state index is 3.98. The molecule has 0 radical (unpaired) electrons. The first-order chi connectivity index (χ1) is 7.40. The third-order valence-corrected chi connectivity index (χ3v) is 2.30. The molecular formula is C14H13N. The molecule has 0 N–H and O–H groups in total. The van der Waals surface area contributed by atoms with Gasteiger partial charge in [0, 0.05) is 13.3 Å². The van der Waals surface area contributed by atoms with Crippen LogP contribution in [0.25, 0.3) is 11.1 Å². The standard InChI is InChI=1S/C14H13N/c1-15-11-12-7-9-14(10-8-12)13-5-3-2-4-6-13/h2-11H,1H3. The summed E-state index contributed by atoms with van der Waals surface area (Å²) in [5.41, 5.74) is 3.62. The average molecular weight is 195 g/mol. The van der Waals surface area contributed by atoms with Gasteiger partial charge in [0.25, 0.3) is 0 Å². The maximum Gasteiger partial charge on any atom is 0.0281 e. The maximum absolute atomic E-state index is 3.98. The Labute approximate surface area is 90.1 Å². The normalized spacial score (nSPS) is 10.7. The predicted molar refractivity (Wildman–Crippen MR) is 65.4 cm³/mol. The third-order valence-electron chi connectivity index (χ3n) is 2.30. The summed E-state index contributed by atoms with van der Waals surface area (Å²) in [5.74, 6) is 0. The van der Waals surface area contributed by atoms with E-state index in [-0.39, 0.29) is 0 Å². The van der Waals surface area contributed by atoms with Crippen molar-refractivity contribution in [1.82, 2.24) is 0 Å². The van der Waals surface area contributed by atoms with Crippen LogP contribution in [-0.2, 0) is 0 Å². The summed E-state index contributed by atoms with van der Waals surface area (Å²) < 4.78 is 0. The molecule has 0 atom stereocenters. The van der Waals surface area contributed by atoms with Crippen LogP contribution in [0.15, 0.2) is 59.6 Å². The van der Waals surface area contributed by atoms with E-state index in [1.807, 2.05) is 12.3 Å². The second-order valence-corrected chi connectivity index (χ2v) is 3.38. The minimum atomic E-state index is 1.14. The first-order valence-electron chi connectivity index (χ1n) is 4.98. The fourth-order valence-electron chi connectivity index (χ4n) is 1.54. The Morgan fingerprint density at radius 3 is 2.00 bits per heavy atom. The second kappa shape index (κ2) is 4.56. The number of hydrogen-bond acceptors (Lipinski definition) is 1. The predicted octanol–water partition coefficient (Wildman–Crippen LogP) is 3.40. The highest BCUT2D eigenvalue weighted by molar-refractivity contribution is 5.80. The minimum Gasteiger partial charge on any atom is -0.296 e. The first-order valence-corrected chi connectivity index (χ1v) is 4.98. The van der Waals surface area contributed by atoms with E-state index in [2.05, 4.69) is 53.5 Å². The molecule has 0 fully saturated rings. The summed E-state index contributed by atoms with van der Waals surface area (Å²) >= 11 is 0. The quantitative estimate of drug-likeness (QED) is 0.651. The Hall–Kier alpha value is -1.89. The van der Waals surface area contributed by atoms with E-state index in [1.165, 1.54) is 11.1 Å². The highest BCUT2D eigenvalue weighted by atomic mass is 14.6. The van der Waals surface area contributed by atoms with E-state index >= 15 is 0 Å². The van der Waals surface area contributed by atoms with Gasteiger partial charge in [-0.3, -0.25) is 4.99 Å². The summed E-state index contributed by atoms with van der Waals surface area (Å²) in [6, 6.07) is 18.8. The van der Waals surface area contributed by atoms with E-state index in [0.717, 1.165) is 5.56 Å². The third kappa shape index (κ3) is 2.32. The lowest BCUT2D eigenvalue weighted by molar-refractivity contribution is 1.46. The van der Waals surface area contributed by atoms with Crippen molar-refractivity contribution in [2.75, 3.05) is 7.05 Å². The van der Waals surface area contributed by atoms with Crippen molar-refractivity contribution in [3.05, 3.63) is 60.2 Å². The molecule has 0 unspecified atom stereocenters. The van der Waals surface area contributed by atoms with Gasteiger partial charge < -0.3 is 0 Å². The molecule has 2 rings (SSSR count). The fraction of sp³-hybridized carbons (Fsp3) is 0.0714. The smallest absolute Gasteiger partial charge is 0.0281 e. The molecule has 15 heavy (non-hydrogen) atoms. The van der Waals surface area contributed by atoms with Crippen LogP contribution < -0.4 is 0 Å². The van der Waals surface area contributed by atoms with Gasteiger partial charge in [0.15, 0.2) is 0 Å². The second-order valence-electron chi connectivity index (χ2n) is 3.38. The summed E-state index contributed by atoms with van der Waals surface area (Å²) in [6.45, 7) is 0. The summed E-state index contributed by atoms with van der Waals surface area (Å²) in [6.07, 6.45) is 1.86. The van der Waals surface area contributed by atoms with Crippen LogP contribution in [0.4, 0.5) is 0 Å². The Morgan fingerprint density at radius 2 is 1.40 bits per heavy atom. The van der Waals surface area contributed by atoms with E-state index < -0.39 is 0 Å². The first kappa shape index (κ1) is 9.66. The van der Waals surface area contributed by atoms with Gasteiger partial charge in [0.05, 0.1) is 0 Å². The molecule has 0 spiro atoms. The van der Waals surface area contributed by atoms with Gasteiger partial charge in [-0.25, -0.2) is 0 Å². The van der Waals surface area contributed by atoms with E-state index in [0.29, 0.717) is 0 Å². The molecule has 0 saturated carbocycles. The Kier molecular flexibility index (Phi) is 2.93. The molecule has 1 nitrogen and oxygen atoms in total. The molecule has 1 heteroatoms. The van der Waals surface area contributed by atoms with Crippen molar-refractivity contribution in [2.45, 2.75) is 0 Å². The minimum absolute atomic E-state index is 1.14. The van der Waals surface area contributed by atoms with Gasteiger partial charge >= 0.3 is 0 Å². The Balaban J connectivity index is 2.32. The molecule has 0 bridgehead atoms. The largest absolute Gasteiger partial charge is 0.296 e. The topological polar surface area (TPSA) is 12.4 Å². The van der Waals surface area contributed by atoms with Crippen LogP contribution in [0.5, 0.6) is 0 Å². The highest BCUT2D eigenvalue weighted by Crippen LogP contribution is 2.18. The van der Waals surface area contributed by atoms with Gasteiger partial charge in [-0.05, 0) is 16.7 Å². The van der Waals surface area contributed by atoms with Gasteiger partial charge in [-0.2, -0.15) is 0 Å². The van der Waals surface area contributed by atoms with Gasteiger partial charge in [0.2, 0.25) is 0 Å². The van der Waals surface area contributed by atoms with Crippen LogP contribution >= 0.6 is 0 Å². The number of benzene rings is 2. The molecule has 0 aliphatic rings. The zero-order valence-corrected chi connectivity index (χ0v) is 8.72. The molecule has 0 amide bonds. The zero-order chi connectivity index (χ0) is 10.5. The van der Waals surface area contributed by atoms with E-state index in [9.17, 15) is 0 Å². The molecule has 74 valence electrons. The van der Waals surface area contributed by atoms with E-state index in [1.54, 1.807) is 7.05 Å². The van der Waals surface area contributed by atoms with Gasteiger partial charge in [0.1, 0.15) is 0 Å². The molecular weight excluding hydrogens is 182 g/mol. The van der Waals surface area contributed by atoms with Crippen LogP contribution in [0.2, 0.25) is 0 Å². The number of aliphatic imine (C=N–C) groups is 1. The Morgan fingerprint density at radius 1 is 0.800 bits per heavy atom. The van der Waals surface area contributed by atoms with Crippen LogP contribution in [0.3, 0.4) is 0 Å². The lowest BCUT2D eigenvalue weighted by Crippen LogP contribution is -1.81. The molecule has 2 aromatic rings. The van der Waals surface area contributed by atoms with E-state index in [4.69, 9.17) is 0 Å².